The van der Waals surface area contributed by atoms with Gasteiger partial charge in [-0.25, -0.2) is 0 Å². The standard InChI is InChI=1S/C18H25NS/c1-13(2)10-19-11-15(14(3)4)9-16-12-20-18-8-6-5-7-17(16)18/h5-9,12-14,19H,10-11H2,1-4H3. The Morgan fingerprint density at radius 1 is 1.20 bits per heavy atom. The molecule has 0 fully saturated rings. The molecular weight excluding hydrogens is 262 g/mol. The van der Waals surface area contributed by atoms with E-state index < -0.39 is 0 Å². The Morgan fingerprint density at radius 2 is 1.95 bits per heavy atom. The molecule has 1 N–H and O–H groups in total. The summed E-state index contributed by atoms with van der Waals surface area (Å²) in [6.07, 6.45) is 2.37. The molecule has 0 saturated heterocycles. The normalized spacial score (nSPS) is 12.8. The smallest absolute Gasteiger partial charge is 0.0348 e. The van der Waals surface area contributed by atoms with Crippen LogP contribution in [0.15, 0.2) is 35.2 Å². The molecule has 0 atom stereocenters. The maximum atomic E-state index is 3.56. The lowest BCUT2D eigenvalue weighted by Gasteiger charge is -2.14. The van der Waals surface area contributed by atoms with Crippen LogP contribution in [-0.2, 0) is 0 Å². The summed E-state index contributed by atoms with van der Waals surface area (Å²) in [5.74, 6) is 1.28. The molecule has 2 rings (SSSR count). The van der Waals surface area contributed by atoms with Gasteiger partial charge in [0, 0.05) is 11.2 Å². The first-order valence-corrected chi connectivity index (χ1v) is 8.33. The van der Waals surface area contributed by atoms with E-state index in [2.05, 4.69) is 68.7 Å². The van der Waals surface area contributed by atoms with E-state index in [0.29, 0.717) is 11.8 Å². The molecule has 2 heteroatoms. The fraction of sp³-hybridized carbons (Fsp3) is 0.444. The second kappa shape index (κ2) is 7.05. The highest BCUT2D eigenvalue weighted by molar-refractivity contribution is 7.17. The van der Waals surface area contributed by atoms with Gasteiger partial charge < -0.3 is 5.32 Å². The highest BCUT2D eigenvalue weighted by Gasteiger charge is 2.07. The fourth-order valence-electron chi connectivity index (χ4n) is 2.24. The summed E-state index contributed by atoms with van der Waals surface area (Å²) in [5, 5.41) is 7.21. The molecule has 0 saturated carbocycles. The van der Waals surface area contributed by atoms with Crippen LogP contribution >= 0.6 is 11.3 Å². The molecule has 0 unspecified atom stereocenters. The van der Waals surface area contributed by atoms with E-state index in [9.17, 15) is 0 Å². The predicted molar refractivity (Wildman–Crippen MR) is 92.3 cm³/mol. The molecule has 20 heavy (non-hydrogen) atoms. The van der Waals surface area contributed by atoms with Crippen LogP contribution in [0.1, 0.15) is 33.3 Å². The summed E-state index contributed by atoms with van der Waals surface area (Å²) in [7, 11) is 0. The lowest BCUT2D eigenvalue weighted by molar-refractivity contribution is 0.558. The largest absolute Gasteiger partial charge is 0.313 e. The van der Waals surface area contributed by atoms with Gasteiger partial charge in [0.15, 0.2) is 0 Å². The molecule has 1 heterocycles. The Balaban J connectivity index is 2.19. The minimum absolute atomic E-state index is 0.577. The van der Waals surface area contributed by atoms with Gasteiger partial charge >= 0.3 is 0 Å². The Kier molecular flexibility index (Phi) is 5.38. The quantitative estimate of drug-likeness (QED) is 0.771. The molecule has 0 bridgehead atoms. The summed E-state index contributed by atoms with van der Waals surface area (Å²) in [5.41, 5.74) is 2.84. The molecule has 0 aliphatic carbocycles. The third-order valence-corrected chi connectivity index (χ3v) is 4.46. The van der Waals surface area contributed by atoms with Crippen molar-refractivity contribution in [2.75, 3.05) is 13.1 Å². The Morgan fingerprint density at radius 3 is 2.65 bits per heavy atom. The van der Waals surface area contributed by atoms with Crippen molar-refractivity contribution in [1.29, 1.82) is 0 Å². The molecule has 0 amide bonds. The Hall–Kier alpha value is -1.12. The molecule has 1 aromatic carbocycles. The molecule has 0 aliphatic rings. The van der Waals surface area contributed by atoms with Crippen LogP contribution in [0.4, 0.5) is 0 Å². The zero-order valence-electron chi connectivity index (χ0n) is 12.9. The van der Waals surface area contributed by atoms with Gasteiger partial charge in [0.25, 0.3) is 0 Å². The number of nitrogens with one attached hydrogen (secondary N) is 1. The summed E-state index contributed by atoms with van der Waals surface area (Å²) in [6, 6.07) is 8.65. The molecule has 2 aromatic rings. The van der Waals surface area contributed by atoms with E-state index in [0.717, 1.165) is 13.1 Å². The van der Waals surface area contributed by atoms with Crippen molar-refractivity contribution in [3.8, 4) is 0 Å². The first-order valence-electron chi connectivity index (χ1n) is 7.45. The van der Waals surface area contributed by atoms with Gasteiger partial charge in [-0.1, -0.05) is 57.5 Å². The average Bonchev–Trinajstić information content (AvgIpc) is 2.80. The van der Waals surface area contributed by atoms with E-state index in [1.54, 1.807) is 0 Å². The molecular formula is C18H25NS. The van der Waals surface area contributed by atoms with Crippen LogP contribution < -0.4 is 5.32 Å². The van der Waals surface area contributed by atoms with E-state index >= 15 is 0 Å². The summed E-state index contributed by atoms with van der Waals surface area (Å²) in [6.45, 7) is 11.1. The third-order valence-electron chi connectivity index (χ3n) is 3.48. The third kappa shape index (κ3) is 3.94. The highest BCUT2D eigenvalue weighted by Crippen LogP contribution is 2.28. The van der Waals surface area contributed by atoms with Crippen molar-refractivity contribution in [3.63, 3.8) is 0 Å². The lowest BCUT2D eigenvalue weighted by Crippen LogP contribution is -2.23. The minimum atomic E-state index is 0.577. The topological polar surface area (TPSA) is 12.0 Å². The highest BCUT2D eigenvalue weighted by atomic mass is 32.1. The second-order valence-corrected chi connectivity index (χ2v) is 7.00. The predicted octanol–water partition coefficient (Wildman–Crippen LogP) is 5.19. The molecule has 1 aromatic heterocycles. The molecule has 0 aliphatic heterocycles. The summed E-state index contributed by atoms with van der Waals surface area (Å²) >= 11 is 1.83. The first-order chi connectivity index (χ1) is 9.58. The van der Waals surface area contributed by atoms with Gasteiger partial charge in [-0.2, -0.15) is 0 Å². The maximum Gasteiger partial charge on any atom is 0.0348 e. The fourth-order valence-corrected chi connectivity index (χ4v) is 3.16. The van der Waals surface area contributed by atoms with Gasteiger partial charge in [-0.15, -0.1) is 11.3 Å². The van der Waals surface area contributed by atoms with Crippen molar-refractivity contribution >= 4 is 27.5 Å². The van der Waals surface area contributed by atoms with Gasteiger partial charge in [0.2, 0.25) is 0 Å². The number of rotatable bonds is 6. The van der Waals surface area contributed by atoms with Crippen LogP contribution in [0.2, 0.25) is 0 Å². The summed E-state index contributed by atoms with van der Waals surface area (Å²) < 4.78 is 1.37. The van der Waals surface area contributed by atoms with Crippen molar-refractivity contribution in [2.24, 2.45) is 11.8 Å². The van der Waals surface area contributed by atoms with Crippen molar-refractivity contribution < 1.29 is 0 Å². The Bertz CT molecular complexity index is 578. The number of fused-ring (bicyclic) bond motifs is 1. The lowest BCUT2D eigenvalue weighted by atomic mass is 10.00. The molecule has 1 nitrogen and oxygen atoms in total. The van der Waals surface area contributed by atoms with Crippen molar-refractivity contribution in [2.45, 2.75) is 27.7 Å². The number of thiophene rings is 1. The van der Waals surface area contributed by atoms with Crippen LogP contribution in [0, 0.1) is 11.8 Å². The van der Waals surface area contributed by atoms with Crippen LogP contribution in [0.5, 0.6) is 0 Å². The molecule has 0 spiro atoms. The average molecular weight is 287 g/mol. The summed E-state index contributed by atoms with van der Waals surface area (Å²) in [4.78, 5) is 0. The van der Waals surface area contributed by atoms with Crippen LogP contribution in [-0.4, -0.2) is 13.1 Å². The van der Waals surface area contributed by atoms with Crippen molar-refractivity contribution in [3.05, 3.63) is 40.8 Å². The zero-order valence-corrected chi connectivity index (χ0v) is 13.8. The number of hydrogen-bond acceptors (Lipinski definition) is 2. The second-order valence-electron chi connectivity index (χ2n) is 6.09. The first kappa shape index (κ1) is 15.3. The van der Waals surface area contributed by atoms with E-state index in [-0.39, 0.29) is 0 Å². The van der Waals surface area contributed by atoms with Crippen LogP contribution in [0.3, 0.4) is 0 Å². The van der Waals surface area contributed by atoms with E-state index in [1.165, 1.54) is 21.2 Å². The number of hydrogen-bond donors (Lipinski definition) is 1. The van der Waals surface area contributed by atoms with Crippen molar-refractivity contribution in [1.82, 2.24) is 5.32 Å². The van der Waals surface area contributed by atoms with E-state index in [1.807, 2.05) is 11.3 Å². The van der Waals surface area contributed by atoms with Gasteiger partial charge in [-0.3, -0.25) is 0 Å². The Labute approximate surface area is 126 Å². The maximum absolute atomic E-state index is 3.56. The zero-order chi connectivity index (χ0) is 14.5. The van der Waals surface area contributed by atoms with Gasteiger partial charge in [0.1, 0.15) is 0 Å². The van der Waals surface area contributed by atoms with Gasteiger partial charge in [-0.05, 0) is 40.8 Å². The van der Waals surface area contributed by atoms with Gasteiger partial charge in [0.05, 0.1) is 0 Å². The molecule has 108 valence electrons. The molecule has 0 radical (unpaired) electrons. The monoisotopic (exact) mass is 287 g/mol. The number of benzene rings is 1. The van der Waals surface area contributed by atoms with E-state index in [4.69, 9.17) is 0 Å². The SMILES string of the molecule is CC(C)CNCC(=Cc1csc2ccccc12)C(C)C. The minimum Gasteiger partial charge on any atom is -0.313 e. The van der Waals surface area contributed by atoms with Crippen LogP contribution in [0.25, 0.3) is 16.2 Å².